The molecule has 5 heteroatoms. The normalized spacial score (nSPS) is 19.3. The molecule has 0 saturated carbocycles. The Morgan fingerprint density at radius 3 is 2.86 bits per heavy atom. The van der Waals surface area contributed by atoms with Gasteiger partial charge in [0, 0.05) is 28.9 Å². The topological polar surface area (TPSA) is 52.2 Å². The number of benzene rings is 1. The minimum atomic E-state index is 0.226. The van der Waals surface area contributed by atoms with Gasteiger partial charge in [0.15, 0.2) is 0 Å². The van der Waals surface area contributed by atoms with Crippen molar-refractivity contribution in [1.82, 2.24) is 15.1 Å². The lowest BCUT2D eigenvalue weighted by Crippen LogP contribution is -2.23. The average molecular weight is 306 g/mol. The quantitative estimate of drug-likeness (QED) is 0.908. The summed E-state index contributed by atoms with van der Waals surface area (Å²) in [6.07, 6.45) is 2.33. The molecule has 1 aliphatic heterocycles. The van der Waals surface area contributed by atoms with Crippen LogP contribution in [0.3, 0.4) is 0 Å². The van der Waals surface area contributed by atoms with Crippen LogP contribution in [0.1, 0.15) is 41.4 Å². The second-order valence-electron chi connectivity index (χ2n) is 5.79. The van der Waals surface area contributed by atoms with Crippen molar-refractivity contribution in [3.05, 3.63) is 45.7 Å². The third-order valence-electron chi connectivity index (χ3n) is 4.21. The predicted octanol–water partition coefficient (Wildman–Crippen LogP) is 3.72. The molecule has 0 spiro atoms. The molecule has 0 bridgehead atoms. The molecule has 1 unspecified atom stereocenters. The Morgan fingerprint density at radius 2 is 2.19 bits per heavy atom. The number of rotatable bonds is 3. The lowest BCUT2D eigenvalue weighted by molar-refractivity contribution is 0.247. The fraction of sp³-hybridized carbons (Fsp3) is 0.438. The molecule has 1 fully saturated rings. The number of hydrogen-bond donors (Lipinski definition) is 2. The highest BCUT2D eigenvalue weighted by Gasteiger charge is 2.29. The van der Waals surface area contributed by atoms with Gasteiger partial charge in [-0.05, 0) is 57.0 Å². The van der Waals surface area contributed by atoms with Gasteiger partial charge in [-0.1, -0.05) is 11.6 Å². The summed E-state index contributed by atoms with van der Waals surface area (Å²) in [5.41, 5.74) is 4.60. The molecule has 1 aliphatic rings. The molecule has 2 N–H and O–H groups in total. The molecule has 3 rings (SSSR count). The van der Waals surface area contributed by atoms with E-state index in [1.807, 2.05) is 6.07 Å². The molecule has 0 radical (unpaired) electrons. The number of phenolic OH excluding ortho intramolecular Hbond substituents is 1. The minimum absolute atomic E-state index is 0.226. The number of aromatic nitrogens is 2. The van der Waals surface area contributed by atoms with Gasteiger partial charge in [-0.3, -0.25) is 10.00 Å². The summed E-state index contributed by atoms with van der Waals surface area (Å²) in [7, 11) is 0. The average Bonchev–Trinajstić information content (AvgIpc) is 2.95. The number of hydrogen-bond acceptors (Lipinski definition) is 3. The number of aromatic hydroxyl groups is 1. The van der Waals surface area contributed by atoms with E-state index in [0.29, 0.717) is 11.1 Å². The Bertz CT molecular complexity index is 613. The number of H-pyrrole nitrogens is 1. The molecule has 2 aromatic rings. The van der Waals surface area contributed by atoms with E-state index in [0.717, 1.165) is 36.5 Å². The molecule has 4 nitrogen and oxygen atoms in total. The first-order valence-corrected chi connectivity index (χ1v) is 7.66. The van der Waals surface area contributed by atoms with E-state index in [2.05, 4.69) is 28.9 Å². The van der Waals surface area contributed by atoms with Gasteiger partial charge in [-0.15, -0.1) is 0 Å². The standard InChI is InChI=1S/C16H20ClN3O/c1-10-16(11(2)19-18-10)15-4-3-5-20(15)9-12-6-13(17)8-14(21)7-12/h6-8,15,21H,3-5,9H2,1-2H3,(H,18,19). The van der Waals surface area contributed by atoms with E-state index in [1.54, 1.807) is 12.1 Å². The maximum atomic E-state index is 9.69. The fourth-order valence-corrected chi connectivity index (χ4v) is 3.60. The first-order valence-electron chi connectivity index (χ1n) is 7.28. The van der Waals surface area contributed by atoms with Crippen molar-refractivity contribution in [1.29, 1.82) is 0 Å². The van der Waals surface area contributed by atoms with Crippen molar-refractivity contribution in [2.45, 2.75) is 39.3 Å². The largest absolute Gasteiger partial charge is 0.508 e. The van der Waals surface area contributed by atoms with Crippen LogP contribution in [0.15, 0.2) is 18.2 Å². The van der Waals surface area contributed by atoms with Gasteiger partial charge in [0.1, 0.15) is 5.75 Å². The Balaban J connectivity index is 1.84. The van der Waals surface area contributed by atoms with Crippen LogP contribution >= 0.6 is 11.6 Å². The molecular formula is C16H20ClN3O. The highest BCUT2D eigenvalue weighted by molar-refractivity contribution is 6.30. The Hall–Kier alpha value is -1.52. The first kappa shape index (κ1) is 14.4. The molecule has 2 heterocycles. The Kier molecular flexibility index (Phi) is 3.91. The highest BCUT2D eigenvalue weighted by Crippen LogP contribution is 2.36. The van der Waals surface area contributed by atoms with Crippen LogP contribution in [-0.2, 0) is 6.54 Å². The van der Waals surface area contributed by atoms with Crippen LogP contribution in [0.25, 0.3) is 0 Å². The maximum absolute atomic E-state index is 9.69. The molecule has 0 amide bonds. The molecule has 112 valence electrons. The summed E-state index contributed by atoms with van der Waals surface area (Å²) < 4.78 is 0. The monoisotopic (exact) mass is 305 g/mol. The van der Waals surface area contributed by atoms with Crippen molar-refractivity contribution in [2.24, 2.45) is 0 Å². The number of aryl methyl sites for hydroxylation is 2. The molecular weight excluding hydrogens is 286 g/mol. The van der Waals surface area contributed by atoms with E-state index in [9.17, 15) is 5.11 Å². The van der Waals surface area contributed by atoms with Gasteiger partial charge in [-0.2, -0.15) is 5.10 Å². The number of aromatic amines is 1. The van der Waals surface area contributed by atoms with Crippen LogP contribution < -0.4 is 0 Å². The van der Waals surface area contributed by atoms with Gasteiger partial charge < -0.3 is 5.11 Å². The molecule has 21 heavy (non-hydrogen) atoms. The zero-order valence-corrected chi connectivity index (χ0v) is 13.1. The van der Waals surface area contributed by atoms with Crippen LogP contribution in [-0.4, -0.2) is 26.7 Å². The van der Waals surface area contributed by atoms with Crippen molar-refractivity contribution in [3.8, 4) is 5.75 Å². The fourth-order valence-electron chi connectivity index (χ4n) is 3.35. The van der Waals surface area contributed by atoms with Crippen molar-refractivity contribution in [2.75, 3.05) is 6.54 Å². The SMILES string of the molecule is Cc1n[nH]c(C)c1C1CCCN1Cc1cc(O)cc(Cl)c1. The first-order chi connectivity index (χ1) is 10.0. The molecule has 1 aromatic heterocycles. The van der Waals surface area contributed by atoms with E-state index in [4.69, 9.17) is 11.6 Å². The number of phenols is 1. The zero-order valence-electron chi connectivity index (χ0n) is 12.4. The zero-order chi connectivity index (χ0) is 15.0. The van der Waals surface area contributed by atoms with Crippen LogP contribution in [0.4, 0.5) is 0 Å². The Morgan fingerprint density at radius 1 is 1.38 bits per heavy atom. The molecule has 1 atom stereocenters. The van der Waals surface area contributed by atoms with Crippen molar-refractivity contribution >= 4 is 11.6 Å². The lowest BCUT2D eigenvalue weighted by Gasteiger charge is -2.25. The predicted molar refractivity (Wildman–Crippen MR) is 83.6 cm³/mol. The second kappa shape index (κ2) is 5.70. The van der Waals surface area contributed by atoms with Gasteiger partial charge in [0.2, 0.25) is 0 Å². The summed E-state index contributed by atoms with van der Waals surface area (Å²) in [4.78, 5) is 2.44. The van der Waals surface area contributed by atoms with Crippen LogP contribution in [0, 0.1) is 13.8 Å². The lowest BCUT2D eigenvalue weighted by atomic mass is 10.0. The number of likely N-dealkylation sites (tertiary alicyclic amines) is 1. The van der Waals surface area contributed by atoms with Crippen molar-refractivity contribution < 1.29 is 5.11 Å². The summed E-state index contributed by atoms with van der Waals surface area (Å²) in [5.74, 6) is 0.226. The number of nitrogens with one attached hydrogen (secondary N) is 1. The highest BCUT2D eigenvalue weighted by atomic mass is 35.5. The third kappa shape index (κ3) is 2.92. The van der Waals surface area contributed by atoms with Crippen molar-refractivity contribution in [3.63, 3.8) is 0 Å². The van der Waals surface area contributed by atoms with Crippen LogP contribution in [0.2, 0.25) is 5.02 Å². The Labute approximate surface area is 129 Å². The molecule has 1 saturated heterocycles. The number of nitrogens with zero attached hydrogens (tertiary/aromatic N) is 2. The molecule has 1 aromatic carbocycles. The minimum Gasteiger partial charge on any atom is -0.508 e. The van der Waals surface area contributed by atoms with E-state index < -0.39 is 0 Å². The number of halogens is 1. The van der Waals surface area contributed by atoms with Gasteiger partial charge in [-0.25, -0.2) is 0 Å². The van der Waals surface area contributed by atoms with Gasteiger partial charge in [0.05, 0.1) is 5.69 Å². The summed E-state index contributed by atoms with van der Waals surface area (Å²) in [5, 5.41) is 17.7. The second-order valence-corrected chi connectivity index (χ2v) is 6.23. The third-order valence-corrected chi connectivity index (χ3v) is 4.43. The smallest absolute Gasteiger partial charge is 0.117 e. The van der Waals surface area contributed by atoms with Crippen LogP contribution in [0.5, 0.6) is 5.75 Å². The maximum Gasteiger partial charge on any atom is 0.117 e. The van der Waals surface area contributed by atoms with Gasteiger partial charge in [0.25, 0.3) is 0 Å². The van der Waals surface area contributed by atoms with Gasteiger partial charge >= 0.3 is 0 Å². The van der Waals surface area contributed by atoms with E-state index in [-0.39, 0.29) is 5.75 Å². The van der Waals surface area contributed by atoms with E-state index in [1.165, 1.54) is 12.0 Å². The molecule has 0 aliphatic carbocycles. The summed E-state index contributed by atoms with van der Waals surface area (Å²) in [6, 6.07) is 5.67. The summed E-state index contributed by atoms with van der Waals surface area (Å²) >= 11 is 6.03. The van der Waals surface area contributed by atoms with E-state index >= 15 is 0 Å². The summed E-state index contributed by atoms with van der Waals surface area (Å²) in [6.45, 7) is 5.99.